The van der Waals surface area contributed by atoms with E-state index >= 15 is 0 Å². The second-order valence-corrected chi connectivity index (χ2v) is 12.4. The van der Waals surface area contributed by atoms with Crippen LogP contribution in [0.2, 0.25) is 10.0 Å². The lowest BCUT2D eigenvalue weighted by molar-refractivity contribution is -0.139. The van der Waals surface area contributed by atoms with Crippen molar-refractivity contribution in [3.8, 4) is 0 Å². The number of rotatable bonds is 10. The highest BCUT2D eigenvalue weighted by Gasteiger charge is 2.34. The van der Waals surface area contributed by atoms with E-state index in [2.05, 4.69) is 5.32 Å². The van der Waals surface area contributed by atoms with Gasteiger partial charge in [-0.25, -0.2) is 12.8 Å². The van der Waals surface area contributed by atoms with Crippen LogP contribution in [0, 0.1) is 5.82 Å². The molecule has 40 heavy (non-hydrogen) atoms. The van der Waals surface area contributed by atoms with Gasteiger partial charge in [0.15, 0.2) is 0 Å². The first-order chi connectivity index (χ1) is 19.1. The van der Waals surface area contributed by atoms with E-state index in [0.717, 1.165) is 30.0 Å². The van der Waals surface area contributed by atoms with Crippen molar-refractivity contribution < 1.29 is 22.4 Å². The minimum atomic E-state index is -4.27. The highest BCUT2D eigenvalue weighted by Crippen LogP contribution is 2.35. The summed E-state index contributed by atoms with van der Waals surface area (Å²) in [7, 11) is -4.27. The van der Waals surface area contributed by atoms with Gasteiger partial charge in [0.2, 0.25) is 11.8 Å². The van der Waals surface area contributed by atoms with Gasteiger partial charge in [-0.15, -0.1) is 0 Å². The Labute approximate surface area is 243 Å². The van der Waals surface area contributed by atoms with Crippen molar-refractivity contribution in [2.24, 2.45) is 0 Å². The SMILES string of the molecule is CC(C(=O)NC1CCCC1)N(Cc1ccc(F)cc1)C(=O)CN(c1cccc(Cl)c1Cl)S(=O)(=O)c1ccccc1. The molecule has 0 aliphatic heterocycles. The molecule has 11 heteroatoms. The smallest absolute Gasteiger partial charge is 0.264 e. The fourth-order valence-electron chi connectivity index (χ4n) is 4.68. The first-order valence-electron chi connectivity index (χ1n) is 12.9. The molecule has 0 radical (unpaired) electrons. The van der Waals surface area contributed by atoms with Crippen LogP contribution in [0.3, 0.4) is 0 Å². The third-order valence-electron chi connectivity index (χ3n) is 6.95. The summed E-state index contributed by atoms with van der Waals surface area (Å²) in [5.74, 6) is -1.43. The van der Waals surface area contributed by atoms with Gasteiger partial charge in [0.05, 0.1) is 20.6 Å². The molecule has 3 aromatic carbocycles. The van der Waals surface area contributed by atoms with Gasteiger partial charge in [0, 0.05) is 12.6 Å². The van der Waals surface area contributed by atoms with Gasteiger partial charge in [-0.05, 0) is 61.7 Å². The maximum absolute atomic E-state index is 13.9. The van der Waals surface area contributed by atoms with Crippen LogP contribution >= 0.6 is 23.2 Å². The van der Waals surface area contributed by atoms with Crippen molar-refractivity contribution in [3.05, 3.63) is 94.2 Å². The van der Waals surface area contributed by atoms with Crippen LogP contribution in [0.15, 0.2) is 77.7 Å². The summed E-state index contributed by atoms with van der Waals surface area (Å²) in [6, 6.07) is 16.8. The van der Waals surface area contributed by atoms with E-state index in [1.807, 2.05) is 0 Å². The fourth-order valence-corrected chi connectivity index (χ4v) is 6.57. The summed E-state index contributed by atoms with van der Waals surface area (Å²) in [6.45, 7) is 0.897. The Hall–Kier alpha value is -3.14. The maximum atomic E-state index is 13.9. The molecule has 1 saturated carbocycles. The van der Waals surface area contributed by atoms with E-state index in [9.17, 15) is 22.4 Å². The number of carbonyl (C=O) groups is 2. The quantitative estimate of drug-likeness (QED) is 0.316. The number of anilines is 1. The van der Waals surface area contributed by atoms with Gasteiger partial charge in [-0.1, -0.05) is 72.4 Å². The van der Waals surface area contributed by atoms with Crippen LogP contribution in [0.25, 0.3) is 0 Å². The summed E-state index contributed by atoms with van der Waals surface area (Å²) in [4.78, 5) is 28.4. The maximum Gasteiger partial charge on any atom is 0.264 e. The number of nitrogens with zero attached hydrogens (tertiary/aromatic N) is 2. The molecule has 0 aromatic heterocycles. The molecule has 3 aromatic rings. The number of benzene rings is 3. The van der Waals surface area contributed by atoms with Crippen molar-refractivity contribution in [3.63, 3.8) is 0 Å². The molecule has 4 rings (SSSR count). The second-order valence-electron chi connectivity index (χ2n) is 9.71. The summed E-state index contributed by atoms with van der Waals surface area (Å²) in [5.41, 5.74) is 0.602. The predicted molar refractivity (Wildman–Crippen MR) is 154 cm³/mol. The zero-order valence-electron chi connectivity index (χ0n) is 21.9. The molecule has 0 spiro atoms. The first-order valence-corrected chi connectivity index (χ1v) is 15.1. The minimum Gasteiger partial charge on any atom is -0.352 e. The summed E-state index contributed by atoms with van der Waals surface area (Å²) in [5, 5.41) is 3.09. The highest BCUT2D eigenvalue weighted by molar-refractivity contribution is 7.92. The number of carbonyl (C=O) groups excluding carboxylic acids is 2. The minimum absolute atomic E-state index is 0.0242. The van der Waals surface area contributed by atoms with E-state index in [0.29, 0.717) is 5.56 Å². The molecule has 0 bridgehead atoms. The van der Waals surface area contributed by atoms with Crippen molar-refractivity contribution >= 4 is 50.7 Å². The Kier molecular flexibility index (Phi) is 9.71. The van der Waals surface area contributed by atoms with Crippen molar-refractivity contribution in [2.45, 2.75) is 56.1 Å². The normalized spacial score (nSPS) is 14.5. The van der Waals surface area contributed by atoms with Crippen molar-refractivity contribution in [1.29, 1.82) is 0 Å². The lowest BCUT2D eigenvalue weighted by Crippen LogP contribution is -2.52. The molecule has 1 fully saturated rings. The van der Waals surface area contributed by atoms with E-state index in [1.54, 1.807) is 25.1 Å². The Morgan fingerprint density at radius 2 is 1.62 bits per heavy atom. The topological polar surface area (TPSA) is 86.8 Å². The standard InChI is InChI=1S/C29H30Cl2FN3O4S/c1-20(29(37)33-23-8-5-6-9-23)34(18-21-14-16-22(32)17-15-21)27(36)19-35(26-13-7-12-25(30)28(26)31)40(38,39)24-10-3-2-4-11-24/h2-4,7,10-17,20,23H,5-6,8-9,18-19H2,1H3,(H,33,37). The second kappa shape index (κ2) is 13.0. The molecule has 0 heterocycles. The fraction of sp³-hybridized carbons (Fsp3) is 0.310. The predicted octanol–water partition coefficient (Wildman–Crippen LogP) is 5.80. The van der Waals surface area contributed by atoms with Crippen LogP contribution in [0.1, 0.15) is 38.2 Å². The molecule has 7 nitrogen and oxygen atoms in total. The number of hydrogen-bond acceptors (Lipinski definition) is 4. The van der Waals surface area contributed by atoms with Crippen LogP contribution < -0.4 is 9.62 Å². The van der Waals surface area contributed by atoms with Crippen LogP contribution in [-0.4, -0.2) is 43.8 Å². The number of hydrogen-bond donors (Lipinski definition) is 1. The Morgan fingerprint density at radius 1 is 0.975 bits per heavy atom. The lowest BCUT2D eigenvalue weighted by Gasteiger charge is -2.32. The molecular formula is C29H30Cl2FN3O4S. The van der Waals surface area contributed by atoms with Gasteiger partial charge >= 0.3 is 0 Å². The monoisotopic (exact) mass is 605 g/mol. The first kappa shape index (κ1) is 29.8. The molecule has 1 atom stereocenters. The van der Waals surface area contributed by atoms with Gasteiger partial charge in [0.25, 0.3) is 10.0 Å². The molecular weight excluding hydrogens is 576 g/mol. The zero-order chi connectivity index (χ0) is 28.9. The van der Waals surface area contributed by atoms with Crippen molar-refractivity contribution in [1.82, 2.24) is 10.2 Å². The van der Waals surface area contributed by atoms with E-state index in [4.69, 9.17) is 23.2 Å². The lowest BCUT2D eigenvalue weighted by atomic mass is 10.1. The zero-order valence-corrected chi connectivity index (χ0v) is 24.2. The number of sulfonamides is 1. The molecule has 1 N–H and O–H groups in total. The number of halogens is 3. The van der Waals surface area contributed by atoms with Gasteiger partial charge in [-0.2, -0.15) is 0 Å². The average Bonchev–Trinajstić information content (AvgIpc) is 3.46. The third-order valence-corrected chi connectivity index (χ3v) is 9.53. The summed E-state index contributed by atoms with van der Waals surface area (Å²) < 4.78 is 42.1. The number of amides is 2. The van der Waals surface area contributed by atoms with Crippen LogP contribution in [-0.2, 0) is 26.2 Å². The number of nitrogens with one attached hydrogen (secondary N) is 1. The largest absolute Gasteiger partial charge is 0.352 e. The summed E-state index contributed by atoms with van der Waals surface area (Å²) in [6.07, 6.45) is 3.76. The van der Waals surface area contributed by atoms with Crippen molar-refractivity contribution in [2.75, 3.05) is 10.8 Å². The van der Waals surface area contributed by atoms with E-state index in [-0.39, 0.29) is 39.1 Å². The third kappa shape index (κ3) is 6.95. The van der Waals surface area contributed by atoms with Crippen LogP contribution in [0.4, 0.5) is 10.1 Å². The summed E-state index contributed by atoms with van der Waals surface area (Å²) >= 11 is 12.6. The van der Waals surface area contributed by atoms with Gasteiger partial charge in [0.1, 0.15) is 18.4 Å². The van der Waals surface area contributed by atoms with Crippen LogP contribution in [0.5, 0.6) is 0 Å². The molecule has 212 valence electrons. The van der Waals surface area contributed by atoms with E-state index in [1.165, 1.54) is 59.5 Å². The average molecular weight is 607 g/mol. The highest BCUT2D eigenvalue weighted by atomic mass is 35.5. The molecule has 0 saturated heterocycles. The molecule has 1 aliphatic rings. The molecule has 1 unspecified atom stereocenters. The molecule has 1 aliphatic carbocycles. The molecule has 2 amide bonds. The Balaban J connectivity index is 1.70. The van der Waals surface area contributed by atoms with Gasteiger partial charge in [-0.3, -0.25) is 13.9 Å². The van der Waals surface area contributed by atoms with E-state index < -0.39 is 34.3 Å². The van der Waals surface area contributed by atoms with Gasteiger partial charge < -0.3 is 10.2 Å². The Morgan fingerprint density at radius 3 is 2.27 bits per heavy atom. The Bertz CT molecular complexity index is 1450.